The van der Waals surface area contributed by atoms with E-state index in [0.29, 0.717) is 12.2 Å². The predicted molar refractivity (Wildman–Crippen MR) is 128 cm³/mol. The molecule has 1 aliphatic rings. The van der Waals surface area contributed by atoms with Crippen molar-refractivity contribution in [1.82, 2.24) is 9.55 Å². The van der Waals surface area contributed by atoms with E-state index < -0.39 is 0 Å². The minimum atomic E-state index is -0.311. The van der Waals surface area contributed by atoms with Gasteiger partial charge in [-0.1, -0.05) is 72.8 Å². The molecule has 0 unspecified atom stereocenters. The van der Waals surface area contributed by atoms with Crippen LogP contribution in [-0.2, 0) is 9.53 Å². The lowest BCUT2D eigenvalue weighted by Gasteiger charge is -2.30. The molecule has 0 saturated heterocycles. The number of rotatable bonds is 8. The first-order chi connectivity index (χ1) is 15.1. The van der Waals surface area contributed by atoms with Crippen LogP contribution in [0.25, 0.3) is 11.0 Å². The maximum absolute atomic E-state index is 13.3. The van der Waals surface area contributed by atoms with Gasteiger partial charge < -0.3 is 10.1 Å². The molecule has 31 heavy (non-hydrogen) atoms. The van der Waals surface area contributed by atoms with Crippen molar-refractivity contribution in [3.8, 4) is 0 Å². The molecule has 162 valence electrons. The lowest BCUT2D eigenvalue weighted by atomic mass is 9.95. The molecule has 1 N–H and O–H groups in total. The second-order valence-electron chi connectivity index (χ2n) is 7.97. The van der Waals surface area contributed by atoms with Gasteiger partial charge in [0.2, 0.25) is 5.95 Å². The van der Waals surface area contributed by atoms with Crippen LogP contribution in [0.15, 0.2) is 64.3 Å². The third kappa shape index (κ3) is 4.54. The van der Waals surface area contributed by atoms with Crippen molar-refractivity contribution in [2.24, 2.45) is 0 Å². The summed E-state index contributed by atoms with van der Waals surface area (Å²) in [5, 5.41) is 3.33. The molecular weight excluding hydrogens is 454 g/mol. The number of anilines is 1. The van der Waals surface area contributed by atoms with E-state index in [1.165, 1.54) is 19.3 Å². The first-order valence-electron chi connectivity index (χ1n) is 11.0. The summed E-state index contributed by atoms with van der Waals surface area (Å²) < 4.78 is 8.80. The highest BCUT2D eigenvalue weighted by molar-refractivity contribution is 9.10. The van der Waals surface area contributed by atoms with E-state index in [1.807, 2.05) is 49.4 Å². The summed E-state index contributed by atoms with van der Waals surface area (Å²) in [6.45, 7) is 4.56. The number of para-hydroxylation sites is 2. The maximum atomic E-state index is 13.3. The van der Waals surface area contributed by atoms with Crippen LogP contribution in [0.3, 0.4) is 0 Å². The average molecular weight is 482 g/mol. The number of halogens is 1. The van der Waals surface area contributed by atoms with Crippen LogP contribution in [0.5, 0.6) is 0 Å². The molecule has 5 nitrogen and oxygen atoms in total. The Hall–Kier alpha value is -2.60. The van der Waals surface area contributed by atoms with Crippen molar-refractivity contribution < 1.29 is 9.53 Å². The van der Waals surface area contributed by atoms with E-state index in [9.17, 15) is 4.79 Å². The zero-order valence-electron chi connectivity index (χ0n) is 18.0. The Balaban J connectivity index is 1.68. The Labute approximate surface area is 191 Å². The number of nitrogens with zero attached hydrogens (tertiary/aromatic N) is 2. The van der Waals surface area contributed by atoms with Crippen molar-refractivity contribution >= 4 is 38.9 Å². The van der Waals surface area contributed by atoms with E-state index >= 15 is 0 Å². The van der Waals surface area contributed by atoms with Gasteiger partial charge >= 0.3 is 5.97 Å². The molecule has 1 aromatic heterocycles. The molecule has 0 bridgehead atoms. The quantitative estimate of drug-likeness (QED) is 0.290. The topological polar surface area (TPSA) is 56.1 Å². The summed E-state index contributed by atoms with van der Waals surface area (Å²) in [6, 6.07) is 15.8. The van der Waals surface area contributed by atoms with Gasteiger partial charge in [0.25, 0.3) is 0 Å². The number of benzene rings is 2. The third-order valence-corrected chi connectivity index (χ3v) is 6.19. The molecule has 0 saturated carbocycles. The van der Waals surface area contributed by atoms with Gasteiger partial charge in [0, 0.05) is 10.2 Å². The molecule has 3 aromatic rings. The minimum absolute atomic E-state index is 0.270. The van der Waals surface area contributed by atoms with Crippen LogP contribution in [0, 0.1) is 0 Å². The lowest BCUT2D eigenvalue weighted by molar-refractivity contribution is -0.139. The molecule has 6 heteroatoms. The van der Waals surface area contributed by atoms with Crippen LogP contribution in [0.2, 0.25) is 0 Å². The van der Waals surface area contributed by atoms with E-state index in [-0.39, 0.29) is 12.0 Å². The van der Waals surface area contributed by atoms with E-state index in [1.54, 1.807) is 0 Å². The van der Waals surface area contributed by atoms with Gasteiger partial charge in [-0.3, -0.25) is 4.57 Å². The number of hydrogen-bond donors (Lipinski definition) is 1. The van der Waals surface area contributed by atoms with Crippen LogP contribution in [0.4, 0.5) is 5.95 Å². The minimum Gasteiger partial charge on any atom is -0.462 e. The van der Waals surface area contributed by atoms with Crippen LogP contribution in [-0.4, -0.2) is 22.1 Å². The molecule has 0 radical (unpaired) electrons. The van der Waals surface area contributed by atoms with Crippen LogP contribution < -0.4 is 5.32 Å². The van der Waals surface area contributed by atoms with Gasteiger partial charge in [-0.15, -0.1) is 0 Å². The Morgan fingerprint density at radius 1 is 1.13 bits per heavy atom. The van der Waals surface area contributed by atoms with Gasteiger partial charge in [0.05, 0.1) is 29.3 Å². The Morgan fingerprint density at radius 2 is 1.94 bits per heavy atom. The van der Waals surface area contributed by atoms with Crippen molar-refractivity contribution in [2.75, 3.05) is 11.9 Å². The maximum Gasteiger partial charge on any atom is 0.338 e. The normalized spacial score (nSPS) is 15.6. The van der Waals surface area contributed by atoms with E-state index in [2.05, 4.69) is 38.8 Å². The average Bonchev–Trinajstić information content (AvgIpc) is 3.12. The van der Waals surface area contributed by atoms with Gasteiger partial charge in [-0.25, -0.2) is 9.78 Å². The van der Waals surface area contributed by atoms with Crippen molar-refractivity contribution in [1.29, 1.82) is 0 Å². The number of allylic oxidation sites excluding steroid dienone is 1. The largest absolute Gasteiger partial charge is 0.462 e. The summed E-state index contributed by atoms with van der Waals surface area (Å²) in [7, 11) is 0. The molecule has 1 aliphatic heterocycles. The van der Waals surface area contributed by atoms with Gasteiger partial charge in [-0.2, -0.15) is 0 Å². The number of imidazole rings is 1. The molecule has 0 spiro atoms. The molecule has 1 atom stereocenters. The lowest BCUT2D eigenvalue weighted by Crippen LogP contribution is -2.29. The zero-order chi connectivity index (χ0) is 21.8. The summed E-state index contributed by atoms with van der Waals surface area (Å²) in [5.41, 5.74) is 4.29. The summed E-state index contributed by atoms with van der Waals surface area (Å²) in [6.07, 6.45) is 5.59. The smallest absolute Gasteiger partial charge is 0.338 e. The number of nitrogens with one attached hydrogen (secondary N) is 1. The van der Waals surface area contributed by atoms with Gasteiger partial charge in [-0.05, 0) is 43.2 Å². The zero-order valence-corrected chi connectivity index (χ0v) is 19.6. The molecule has 0 aliphatic carbocycles. The number of esters is 1. The fourth-order valence-corrected chi connectivity index (χ4v) is 4.59. The molecule has 0 amide bonds. The number of carbonyl (C=O) groups is 1. The van der Waals surface area contributed by atoms with Crippen LogP contribution >= 0.6 is 15.9 Å². The molecular formula is C25H28BrN3O2. The van der Waals surface area contributed by atoms with Gasteiger partial charge in [0.15, 0.2) is 0 Å². The number of aromatic nitrogens is 2. The predicted octanol–water partition coefficient (Wildman–Crippen LogP) is 6.60. The number of carbonyl (C=O) groups excluding carboxylic acids is 1. The van der Waals surface area contributed by atoms with E-state index in [0.717, 1.165) is 45.6 Å². The number of ether oxygens (including phenoxy) is 1. The fraction of sp³-hybridized carbons (Fsp3) is 0.360. The fourth-order valence-electron chi connectivity index (χ4n) is 4.17. The monoisotopic (exact) mass is 481 g/mol. The second-order valence-corrected chi connectivity index (χ2v) is 8.88. The second kappa shape index (κ2) is 9.69. The highest BCUT2D eigenvalue weighted by Gasteiger charge is 2.35. The molecule has 4 rings (SSSR count). The van der Waals surface area contributed by atoms with E-state index in [4.69, 9.17) is 9.72 Å². The number of fused-ring (bicyclic) bond motifs is 3. The Bertz CT molecular complexity index is 1120. The highest BCUT2D eigenvalue weighted by Crippen LogP contribution is 2.40. The Morgan fingerprint density at radius 3 is 2.74 bits per heavy atom. The van der Waals surface area contributed by atoms with Gasteiger partial charge in [0.1, 0.15) is 0 Å². The summed E-state index contributed by atoms with van der Waals surface area (Å²) in [4.78, 5) is 18.0. The molecule has 2 heterocycles. The first-order valence-corrected chi connectivity index (χ1v) is 11.8. The van der Waals surface area contributed by atoms with Crippen LogP contribution in [0.1, 0.15) is 57.6 Å². The highest BCUT2D eigenvalue weighted by atomic mass is 79.9. The summed E-state index contributed by atoms with van der Waals surface area (Å²) >= 11 is 3.58. The van der Waals surface area contributed by atoms with Crippen molar-refractivity contribution in [3.63, 3.8) is 0 Å². The summed E-state index contributed by atoms with van der Waals surface area (Å²) in [5.74, 6) is 0.466. The van der Waals surface area contributed by atoms with Crippen molar-refractivity contribution in [2.45, 2.75) is 52.0 Å². The molecule has 2 aromatic carbocycles. The first kappa shape index (κ1) is 21.6. The van der Waals surface area contributed by atoms with Crippen molar-refractivity contribution in [3.05, 3.63) is 69.8 Å². The number of unbranched alkanes of at least 4 members (excludes halogenated alkanes) is 4. The molecule has 0 fully saturated rings. The Kier molecular flexibility index (Phi) is 6.76. The SMILES string of the molecule is CCCCCCCOC(=O)C1=C(C)Nc2nc3ccccc3n2[C@@H]1c1cccc(Br)c1. The number of hydrogen-bond acceptors (Lipinski definition) is 4. The standard InChI is InChI=1S/C25H28BrN3O2/c1-3-4-5-6-9-15-31-24(30)22-17(2)27-25-28-20-13-7-8-14-21(20)29(25)23(22)18-11-10-12-19(26)16-18/h7-8,10-14,16,23H,3-6,9,15H2,1-2H3,(H,27,28)/t23-/m1/s1. The third-order valence-electron chi connectivity index (χ3n) is 5.70.